The molecule has 0 atom stereocenters. The lowest BCUT2D eigenvalue weighted by molar-refractivity contribution is 0.667. The van der Waals surface area contributed by atoms with E-state index in [0.717, 1.165) is 0 Å². The van der Waals surface area contributed by atoms with Gasteiger partial charge in [-0.2, -0.15) is 0 Å². The van der Waals surface area contributed by atoms with Gasteiger partial charge in [0, 0.05) is 31.2 Å². The number of hydrogen-bond acceptors (Lipinski definition) is 1. The molecular formula is C51H34S. The summed E-state index contributed by atoms with van der Waals surface area (Å²) in [5, 5.41) is 10.4. The molecule has 1 aromatic heterocycles. The molecule has 0 radical (unpaired) electrons. The highest BCUT2D eigenvalue weighted by molar-refractivity contribution is 7.26. The molecule has 0 aliphatic heterocycles. The van der Waals surface area contributed by atoms with E-state index in [4.69, 9.17) is 0 Å². The molecule has 0 spiro atoms. The summed E-state index contributed by atoms with van der Waals surface area (Å²) in [5.74, 6) is 0. The number of rotatable bonds is 3. The highest BCUT2D eigenvalue weighted by Gasteiger charge is 2.38. The van der Waals surface area contributed by atoms with E-state index in [-0.39, 0.29) is 5.41 Å². The topological polar surface area (TPSA) is 0 Å². The summed E-state index contributed by atoms with van der Waals surface area (Å²) in [5.41, 5.74) is 13.1. The van der Waals surface area contributed by atoms with Crippen LogP contribution in [-0.4, -0.2) is 0 Å². The Morgan fingerprint density at radius 3 is 1.77 bits per heavy atom. The molecule has 52 heavy (non-hydrogen) atoms. The normalized spacial score (nSPS) is 13.3. The Morgan fingerprint density at radius 2 is 1.00 bits per heavy atom. The SMILES string of the molecule is CC1(C)c2ccccc2-c2cc(-c3c4ccccc4c(-c4cccc(-c5ccc6ccccc6c5)c4)c4ccccc34)c3sc4ccccc4c3c21. The third kappa shape index (κ3) is 4.15. The third-order valence-corrected chi connectivity index (χ3v) is 12.8. The molecule has 10 aromatic rings. The minimum Gasteiger partial charge on any atom is -0.135 e. The third-order valence-electron chi connectivity index (χ3n) is 11.6. The van der Waals surface area contributed by atoms with Crippen molar-refractivity contribution in [3.05, 3.63) is 181 Å². The molecule has 0 amide bonds. The van der Waals surface area contributed by atoms with Crippen molar-refractivity contribution in [2.45, 2.75) is 19.3 Å². The molecule has 244 valence electrons. The zero-order valence-electron chi connectivity index (χ0n) is 29.1. The lowest BCUT2D eigenvalue weighted by atomic mass is 9.79. The zero-order chi connectivity index (χ0) is 34.6. The van der Waals surface area contributed by atoms with Gasteiger partial charge in [0.25, 0.3) is 0 Å². The van der Waals surface area contributed by atoms with Crippen molar-refractivity contribution in [1.82, 2.24) is 0 Å². The standard InChI is InChI=1S/C51H34S/c1-51(2)44-24-11-9-18-36(44)42-30-43(50-48(49(42)51)41-23-10-12-25-45(41)52-50)47-39-21-7-5-19-37(39)46(38-20-6-8-22-40(38)47)35-17-13-16-33(29-35)34-27-26-31-14-3-4-15-32(31)28-34/h3-30H,1-2H3. The van der Waals surface area contributed by atoms with Gasteiger partial charge in [-0.15, -0.1) is 11.3 Å². The largest absolute Gasteiger partial charge is 0.135 e. The Hall–Kier alpha value is -6.02. The van der Waals surface area contributed by atoms with Crippen molar-refractivity contribution in [1.29, 1.82) is 0 Å². The molecule has 0 nitrogen and oxygen atoms in total. The average Bonchev–Trinajstić information content (AvgIpc) is 3.68. The smallest absolute Gasteiger partial charge is 0.0437 e. The summed E-state index contributed by atoms with van der Waals surface area (Å²) in [7, 11) is 0. The Kier molecular flexibility index (Phi) is 6.27. The molecular weight excluding hydrogens is 645 g/mol. The van der Waals surface area contributed by atoms with Crippen molar-refractivity contribution in [2.75, 3.05) is 0 Å². The van der Waals surface area contributed by atoms with E-state index < -0.39 is 0 Å². The summed E-state index contributed by atoms with van der Waals surface area (Å²) >= 11 is 1.95. The maximum atomic E-state index is 2.54. The van der Waals surface area contributed by atoms with E-state index in [1.165, 1.54) is 108 Å². The minimum absolute atomic E-state index is 0.101. The molecule has 0 saturated heterocycles. The van der Waals surface area contributed by atoms with Crippen molar-refractivity contribution in [3.8, 4) is 44.5 Å². The van der Waals surface area contributed by atoms with Gasteiger partial charge in [-0.05, 0) is 107 Å². The summed E-state index contributed by atoms with van der Waals surface area (Å²) in [6.07, 6.45) is 0. The fourth-order valence-electron chi connectivity index (χ4n) is 9.30. The van der Waals surface area contributed by atoms with Crippen LogP contribution in [0.5, 0.6) is 0 Å². The zero-order valence-corrected chi connectivity index (χ0v) is 29.9. The van der Waals surface area contributed by atoms with E-state index in [1.54, 1.807) is 0 Å². The molecule has 1 aliphatic carbocycles. The van der Waals surface area contributed by atoms with Gasteiger partial charge in [0.2, 0.25) is 0 Å². The predicted molar refractivity (Wildman–Crippen MR) is 226 cm³/mol. The van der Waals surface area contributed by atoms with E-state index in [1.807, 2.05) is 11.3 Å². The lowest BCUT2D eigenvalue weighted by Gasteiger charge is -2.24. The Morgan fingerprint density at radius 1 is 0.404 bits per heavy atom. The summed E-state index contributed by atoms with van der Waals surface area (Å²) in [6, 6.07) is 63.4. The first kappa shape index (κ1) is 29.7. The fourth-order valence-corrected chi connectivity index (χ4v) is 10.5. The second-order valence-corrected chi connectivity index (χ2v) is 15.9. The van der Waals surface area contributed by atoms with Crippen molar-refractivity contribution in [2.24, 2.45) is 0 Å². The first-order valence-electron chi connectivity index (χ1n) is 18.2. The van der Waals surface area contributed by atoms with Crippen LogP contribution in [0.25, 0.3) is 97.0 Å². The van der Waals surface area contributed by atoms with Crippen LogP contribution < -0.4 is 0 Å². The van der Waals surface area contributed by atoms with E-state index in [2.05, 4.69) is 184 Å². The molecule has 1 heteroatoms. The van der Waals surface area contributed by atoms with Gasteiger partial charge >= 0.3 is 0 Å². The molecule has 11 rings (SSSR count). The predicted octanol–water partition coefficient (Wildman–Crippen LogP) is 14.8. The highest BCUT2D eigenvalue weighted by atomic mass is 32.1. The average molecular weight is 679 g/mol. The monoisotopic (exact) mass is 678 g/mol. The lowest BCUT2D eigenvalue weighted by Crippen LogP contribution is -2.15. The second-order valence-electron chi connectivity index (χ2n) is 14.8. The van der Waals surface area contributed by atoms with Crippen LogP contribution in [0.1, 0.15) is 25.0 Å². The van der Waals surface area contributed by atoms with Gasteiger partial charge < -0.3 is 0 Å². The van der Waals surface area contributed by atoms with Crippen LogP contribution in [0, 0.1) is 0 Å². The van der Waals surface area contributed by atoms with Crippen LogP contribution >= 0.6 is 11.3 Å². The van der Waals surface area contributed by atoms with Crippen LogP contribution in [0.2, 0.25) is 0 Å². The number of benzene rings is 9. The van der Waals surface area contributed by atoms with Crippen LogP contribution in [0.15, 0.2) is 170 Å². The molecule has 0 N–H and O–H groups in total. The van der Waals surface area contributed by atoms with Crippen molar-refractivity contribution < 1.29 is 0 Å². The van der Waals surface area contributed by atoms with Gasteiger partial charge in [0.05, 0.1) is 0 Å². The van der Waals surface area contributed by atoms with Gasteiger partial charge in [-0.1, -0.05) is 159 Å². The van der Waals surface area contributed by atoms with Crippen LogP contribution in [0.3, 0.4) is 0 Å². The van der Waals surface area contributed by atoms with E-state index in [0.29, 0.717) is 0 Å². The highest BCUT2D eigenvalue weighted by Crippen LogP contribution is 2.57. The summed E-state index contributed by atoms with van der Waals surface area (Å²) in [6.45, 7) is 4.82. The Balaban J connectivity index is 1.23. The molecule has 0 bridgehead atoms. The van der Waals surface area contributed by atoms with Gasteiger partial charge in [-0.25, -0.2) is 0 Å². The minimum atomic E-state index is -0.101. The molecule has 0 saturated carbocycles. The summed E-state index contributed by atoms with van der Waals surface area (Å²) in [4.78, 5) is 0. The Bertz CT molecular complexity index is 3040. The van der Waals surface area contributed by atoms with Crippen molar-refractivity contribution >= 4 is 63.8 Å². The maximum Gasteiger partial charge on any atom is 0.0437 e. The van der Waals surface area contributed by atoms with E-state index >= 15 is 0 Å². The molecule has 9 aromatic carbocycles. The first-order valence-corrected chi connectivity index (χ1v) is 19.0. The van der Waals surface area contributed by atoms with Crippen LogP contribution in [-0.2, 0) is 5.41 Å². The van der Waals surface area contributed by atoms with Crippen LogP contribution in [0.4, 0.5) is 0 Å². The molecule has 0 fully saturated rings. The second kappa shape index (κ2) is 11.0. The fraction of sp³-hybridized carbons (Fsp3) is 0.0588. The van der Waals surface area contributed by atoms with Crippen molar-refractivity contribution in [3.63, 3.8) is 0 Å². The van der Waals surface area contributed by atoms with Gasteiger partial charge in [-0.3, -0.25) is 0 Å². The van der Waals surface area contributed by atoms with Gasteiger partial charge in [0.15, 0.2) is 0 Å². The summed E-state index contributed by atoms with van der Waals surface area (Å²) < 4.78 is 2.72. The van der Waals surface area contributed by atoms with Gasteiger partial charge in [0.1, 0.15) is 0 Å². The molecule has 1 heterocycles. The number of fused-ring (bicyclic) bond motifs is 10. The van der Waals surface area contributed by atoms with E-state index in [9.17, 15) is 0 Å². The molecule has 1 aliphatic rings. The maximum absolute atomic E-state index is 2.54. The quantitative estimate of drug-likeness (QED) is 0.163. The Labute approximate surface area is 307 Å². The first-order chi connectivity index (χ1) is 25.6. The number of hydrogen-bond donors (Lipinski definition) is 0. The molecule has 0 unspecified atom stereocenters. The number of thiophene rings is 1.